The van der Waals surface area contributed by atoms with Gasteiger partial charge in [-0.15, -0.1) is 0 Å². The molecule has 0 fully saturated rings. The minimum Gasteiger partial charge on any atom is -0.385 e. The minimum atomic E-state index is 0.469. The molecule has 0 saturated heterocycles. The molecule has 1 unspecified atom stereocenters. The van der Waals surface area contributed by atoms with E-state index in [2.05, 4.69) is 30.2 Å². The highest BCUT2D eigenvalue weighted by Gasteiger charge is 2.05. The monoisotopic (exact) mass is 231 g/mol. The maximum absolute atomic E-state index is 8.76. The Morgan fingerprint density at radius 3 is 2.94 bits per heavy atom. The number of anilines is 1. The third-order valence-corrected chi connectivity index (χ3v) is 3.01. The number of pyridine rings is 1. The molecule has 0 bridgehead atoms. The van der Waals surface area contributed by atoms with Gasteiger partial charge in [0, 0.05) is 18.4 Å². The quantitative estimate of drug-likeness (QED) is 0.780. The molecule has 1 N–H and O–H groups in total. The first-order valence-electron chi connectivity index (χ1n) is 6.40. The van der Waals surface area contributed by atoms with Crippen molar-refractivity contribution in [1.82, 2.24) is 4.98 Å². The molecule has 1 aromatic rings. The zero-order valence-corrected chi connectivity index (χ0v) is 10.7. The van der Waals surface area contributed by atoms with Crippen molar-refractivity contribution in [3.8, 4) is 6.07 Å². The van der Waals surface area contributed by atoms with Gasteiger partial charge in [-0.1, -0.05) is 33.1 Å². The lowest BCUT2D eigenvalue weighted by Crippen LogP contribution is -2.13. The summed E-state index contributed by atoms with van der Waals surface area (Å²) < 4.78 is 0. The summed E-state index contributed by atoms with van der Waals surface area (Å²) in [4.78, 5) is 3.95. The number of hydrogen-bond donors (Lipinski definition) is 1. The molecule has 0 saturated carbocycles. The molecular weight excluding hydrogens is 210 g/mol. The molecule has 0 aliphatic heterocycles. The Bertz CT molecular complexity index is 368. The third-order valence-electron chi connectivity index (χ3n) is 3.01. The first kappa shape index (κ1) is 13.5. The second-order valence-corrected chi connectivity index (χ2v) is 4.34. The maximum atomic E-state index is 8.76. The summed E-state index contributed by atoms with van der Waals surface area (Å²) in [7, 11) is 0. The van der Waals surface area contributed by atoms with Crippen molar-refractivity contribution < 1.29 is 0 Å². The van der Waals surface area contributed by atoms with Crippen LogP contribution in [0.15, 0.2) is 18.3 Å². The Morgan fingerprint density at radius 1 is 1.47 bits per heavy atom. The molecule has 1 aromatic heterocycles. The van der Waals surface area contributed by atoms with Gasteiger partial charge >= 0.3 is 0 Å². The fraction of sp³-hybridized carbons (Fsp3) is 0.571. The average Bonchev–Trinajstić information content (AvgIpc) is 2.39. The molecular formula is C14H21N3. The van der Waals surface area contributed by atoms with Crippen LogP contribution in [0.3, 0.4) is 0 Å². The standard InChI is InChI=1S/C14H21N3/c1-3-5-6-12(4-2)11-17-13-7-8-16-14(9-13)10-15/h7-9,12H,3-6,11H2,1-2H3,(H,16,17). The third kappa shape index (κ3) is 4.86. The lowest BCUT2D eigenvalue weighted by molar-refractivity contribution is 0.473. The van der Waals surface area contributed by atoms with Crippen molar-refractivity contribution in [3.63, 3.8) is 0 Å². The van der Waals surface area contributed by atoms with Gasteiger partial charge in [0.05, 0.1) is 0 Å². The molecule has 0 aliphatic rings. The van der Waals surface area contributed by atoms with Gasteiger partial charge in [-0.05, 0) is 24.5 Å². The Balaban J connectivity index is 2.45. The smallest absolute Gasteiger partial charge is 0.142 e. The number of nitriles is 1. The SMILES string of the molecule is CCCCC(CC)CNc1ccnc(C#N)c1. The van der Waals surface area contributed by atoms with Crippen LogP contribution < -0.4 is 5.32 Å². The molecule has 0 amide bonds. The zero-order valence-electron chi connectivity index (χ0n) is 10.7. The highest BCUT2D eigenvalue weighted by atomic mass is 14.9. The molecule has 0 aromatic carbocycles. The topological polar surface area (TPSA) is 48.7 Å². The summed E-state index contributed by atoms with van der Waals surface area (Å²) in [5.41, 5.74) is 1.46. The summed E-state index contributed by atoms with van der Waals surface area (Å²) in [6.07, 6.45) is 6.69. The summed E-state index contributed by atoms with van der Waals surface area (Å²) in [6.45, 7) is 5.43. The number of rotatable bonds is 7. The number of unbranched alkanes of at least 4 members (excludes halogenated alkanes) is 1. The van der Waals surface area contributed by atoms with Crippen molar-refractivity contribution >= 4 is 5.69 Å². The molecule has 1 heterocycles. The summed E-state index contributed by atoms with van der Waals surface area (Å²) in [5.74, 6) is 0.716. The maximum Gasteiger partial charge on any atom is 0.142 e. The first-order valence-corrected chi connectivity index (χ1v) is 6.40. The van der Waals surface area contributed by atoms with E-state index in [0.29, 0.717) is 11.6 Å². The molecule has 1 atom stereocenters. The van der Waals surface area contributed by atoms with E-state index in [-0.39, 0.29) is 0 Å². The second-order valence-electron chi connectivity index (χ2n) is 4.34. The highest BCUT2D eigenvalue weighted by molar-refractivity contribution is 5.45. The largest absolute Gasteiger partial charge is 0.385 e. The van der Waals surface area contributed by atoms with Crippen LogP contribution in [-0.4, -0.2) is 11.5 Å². The van der Waals surface area contributed by atoms with E-state index >= 15 is 0 Å². The van der Waals surface area contributed by atoms with E-state index in [0.717, 1.165) is 12.2 Å². The Hall–Kier alpha value is -1.56. The molecule has 0 spiro atoms. The molecule has 1 rings (SSSR count). The van der Waals surface area contributed by atoms with Crippen LogP contribution >= 0.6 is 0 Å². The Morgan fingerprint density at radius 2 is 2.29 bits per heavy atom. The van der Waals surface area contributed by atoms with Crippen molar-refractivity contribution in [3.05, 3.63) is 24.0 Å². The van der Waals surface area contributed by atoms with Gasteiger partial charge in [-0.25, -0.2) is 4.98 Å². The van der Waals surface area contributed by atoms with Gasteiger partial charge in [-0.2, -0.15) is 5.26 Å². The molecule has 3 nitrogen and oxygen atoms in total. The lowest BCUT2D eigenvalue weighted by Gasteiger charge is -2.16. The van der Waals surface area contributed by atoms with Crippen LogP contribution in [0.25, 0.3) is 0 Å². The van der Waals surface area contributed by atoms with Crippen LogP contribution in [0.1, 0.15) is 45.2 Å². The number of nitrogens with zero attached hydrogens (tertiary/aromatic N) is 2. The summed E-state index contributed by atoms with van der Waals surface area (Å²) in [5, 5.41) is 12.1. The van der Waals surface area contributed by atoms with Crippen molar-refractivity contribution in [2.75, 3.05) is 11.9 Å². The van der Waals surface area contributed by atoms with Crippen LogP contribution in [-0.2, 0) is 0 Å². The zero-order chi connectivity index (χ0) is 12.5. The van der Waals surface area contributed by atoms with Crippen molar-refractivity contribution in [2.24, 2.45) is 5.92 Å². The predicted octanol–water partition coefficient (Wildman–Crippen LogP) is 3.58. The van der Waals surface area contributed by atoms with Crippen LogP contribution in [0.2, 0.25) is 0 Å². The van der Waals surface area contributed by atoms with E-state index in [1.54, 1.807) is 12.3 Å². The first-order chi connectivity index (χ1) is 8.30. The highest BCUT2D eigenvalue weighted by Crippen LogP contribution is 2.14. The summed E-state index contributed by atoms with van der Waals surface area (Å²) in [6, 6.07) is 5.76. The Labute approximate surface area is 104 Å². The molecule has 17 heavy (non-hydrogen) atoms. The minimum absolute atomic E-state index is 0.469. The van der Waals surface area contributed by atoms with Gasteiger partial charge in [0.25, 0.3) is 0 Å². The van der Waals surface area contributed by atoms with E-state index in [4.69, 9.17) is 5.26 Å². The van der Waals surface area contributed by atoms with Crippen molar-refractivity contribution in [2.45, 2.75) is 39.5 Å². The van der Waals surface area contributed by atoms with Gasteiger partial charge < -0.3 is 5.32 Å². The lowest BCUT2D eigenvalue weighted by atomic mass is 9.99. The van der Waals surface area contributed by atoms with Gasteiger partial charge in [0.2, 0.25) is 0 Å². The van der Waals surface area contributed by atoms with Crippen LogP contribution in [0.4, 0.5) is 5.69 Å². The fourth-order valence-corrected chi connectivity index (χ4v) is 1.81. The van der Waals surface area contributed by atoms with Gasteiger partial charge in [0.1, 0.15) is 11.8 Å². The van der Waals surface area contributed by atoms with E-state index in [9.17, 15) is 0 Å². The van der Waals surface area contributed by atoms with Crippen LogP contribution in [0.5, 0.6) is 0 Å². The van der Waals surface area contributed by atoms with E-state index in [1.165, 1.54) is 25.7 Å². The number of aromatic nitrogens is 1. The molecule has 0 aliphatic carbocycles. The number of hydrogen-bond acceptors (Lipinski definition) is 3. The second kappa shape index (κ2) is 7.67. The van der Waals surface area contributed by atoms with Gasteiger partial charge in [0.15, 0.2) is 0 Å². The molecule has 92 valence electrons. The van der Waals surface area contributed by atoms with E-state index in [1.807, 2.05) is 6.07 Å². The van der Waals surface area contributed by atoms with Gasteiger partial charge in [-0.3, -0.25) is 0 Å². The normalized spacial score (nSPS) is 11.8. The average molecular weight is 231 g/mol. The molecule has 0 radical (unpaired) electrons. The number of nitrogens with one attached hydrogen (secondary N) is 1. The predicted molar refractivity (Wildman–Crippen MR) is 70.7 cm³/mol. The van der Waals surface area contributed by atoms with Crippen LogP contribution in [0, 0.1) is 17.2 Å². The Kier molecular flexibility index (Phi) is 6.09. The summed E-state index contributed by atoms with van der Waals surface area (Å²) >= 11 is 0. The van der Waals surface area contributed by atoms with Crippen molar-refractivity contribution in [1.29, 1.82) is 5.26 Å². The van der Waals surface area contributed by atoms with E-state index < -0.39 is 0 Å². The molecule has 3 heteroatoms. The fourth-order valence-electron chi connectivity index (χ4n) is 1.81.